The van der Waals surface area contributed by atoms with E-state index in [-0.39, 0.29) is 17.6 Å². The maximum absolute atomic E-state index is 13.9. The molecule has 7 nitrogen and oxygen atoms in total. The van der Waals surface area contributed by atoms with E-state index in [4.69, 9.17) is 5.10 Å². The van der Waals surface area contributed by atoms with Gasteiger partial charge in [0.15, 0.2) is 0 Å². The SMILES string of the molecule is Cc1cc2n(n1)C1(CCN(C(=O)Nc3ccccc3F)CC1)CC(=O)N2CC1CC1. The van der Waals surface area contributed by atoms with Crippen molar-refractivity contribution in [3.63, 3.8) is 0 Å². The minimum Gasteiger partial charge on any atom is -0.324 e. The molecular formula is C22H26FN5O2. The highest BCUT2D eigenvalue weighted by Crippen LogP contribution is 2.43. The maximum Gasteiger partial charge on any atom is 0.321 e. The number of anilines is 2. The first-order valence-corrected chi connectivity index (χ1v) is 10.6. The number of carbonyl (C=O) groups is 2. The first kappa shape index (κ1) is 19.1. The van der Waals surface area contributed by atoms with Gasteiger partial charge in [-0.3, -0.25) is 9.69 Å². The van der Waals surface area contributed by atoms with Crippen LogP contribution in [-0.2, 0) is 10.3 Å². The van der Waals surface area contributed by atoms with Gasteiger partial charge in [-0.1, -0.05) is 12.1 Å². The molecule has 1 saturated carbocycles. The third kappa shape index (κ3) is 3.34. The number of aryl methyl sites for hydroxylation is 1. The molecular weight excluding hydrogens is 385 g/mol. The summed E-state index contributed by atoms with van der Waals surface area (Å²) in [5, 5.41) is 7.40. The zero-order chi connectivity index (χ0) is 20.9. The monoisotopic (exact) mass is 411 g/mol. The molecule has 2 fully saturated rings. The van der Waals surface area contributed by atoms with Crippen LogP contribution in [0.3, 0.4) is 0 Å². The van der Waals surface area contributed by atoms with Gasteiger partial charge in [0.25, 0.3) is 0 Å². The van der Waals surface area contributed by atoms with Gasteiger partial charge in [0.1, 0.15) is 11.6 Å². The minimum absolute atomic E-state index is 0.151. The smallest absolute Gasteiger partial charge is 0.321 e. The van der Waals surface area contributed by atoms with Crippen LogP contribution in [0.2, 0.25) is 0 Å². The molecule has 8 heteroatoms. The van der Waals surface area contributed by atoms with Gasteiger partial charge in [-0.2, -0.15) is 5.10 Å². The van der Waals surface area contributed by atoms with Crippen LogP contribution in [0.25, 0.3) is 0 Å². The summed E-state index contributed by atoms with van der Waals surface area (Å²) >= 11 is 0. The highest BCUT2D eigenvalue weighted by atomic mass is 19.1. The Labute approximate surface area is 174 Å². The Morgan fingerprint density at radius 1 is 1.27 bits per heavy atom. The van der Waals surface area contributed by atoms with E-state index in [1.54, 1.807) is 23.1 Å². The molecule has 2 aliphatic heterocycles. The third-order valence-electron chi connectivity index (χ3n) is 6.55. The van der Waals surface area contributed by atoms with Gasteiger partial charge in [0.05, 0.1) is 23.3 Å². The van der Waals surface area contributed by atoms with Crippen molar-refractivity contribution >= 4 is 23.4 Å². The van der Waals surface area contributed by atoms with Gasteiger partial charge in [-0.15, -0.1) is 0 Å². The Morgan fingerprint density at radius 3 is 2.70 bits per heavy atom. The average Bonchev–Trinajstić information content (AvgIpc) is 3.46. The molecule has 2 aromatic rings. The first-order valence-electron chi connectivity index (χ1n) is 10.6. The van der Waals surface area contributed by atoms with E-state index in [1.807, 2.05) is 22.6 Å². The molecule has 30 heavy (non-hydrogen) atoms. The summed E-state index contributed by atoms with van der Waals surface area (Å²) in [5.74, 6) is 1.19. The summed E-state index contributed by atoms with van der Waals surface area (Å²) in [6, 6.07) is 7.83. The van der Waals surface area contributed by atoms with Crippen molar-refractivity contribution in [2.24, 2.45) is 5.92 Å². The summed E-state index contributed by atoms with van der Waals surface area (Å²) in [7, 11) is 0. The van der Waals surface area contributed by atoms with Gasteiger partial charge >= 0.3 is 6.03 Å². The number of para-hydroxylation sites is 1. The number of aromatic nitrogens is 2. The van der Waals surface area contributed by atoms with E-state index in [0.717, 1.165) is 18.1 Å². The number of fused-ring (bicyclic) bond motifs is 2. The lowest BCUT2D eigenvalue weighted by Crippen LogP contribution is -2.55. The van der Waals surface area contributed by atoms with E-state index >= 15 is 0 Å². The van der Waals surface area contributed by atoms with E-state index in [9.17, 15) is 14.0 Å². The van der Waals surface area contributed by atoms with Gasteiger partial charge < -0.3 is 10.2 Å². The Bertz CT molecular complexity index is 991. The second-order valence-corrected chi connectivity index (χ2v) is 8.80. The number of benzene rings is 1. The standard InChI is InChI=1S/C22H26FN5O2/c1-15-12-19-27(14-16-6-7-16)20(29)13-22(28(19)25-15)8-10-26(11-9-22)21(30)24-18-5-3-2-4-17(18)23/h2-5,12,16H,6-11,13-14H2,1H3,(H,24,30). The number of halogens is 1. The Balaban J connectivity index is 1.32. The van der Waals surface area contributed by atoms with Crippen molar-refractivity contribution in [3.8, 4) is 0 Å². The minimum atomic E-state index is -0.454. The van der Waals surface area contributed by atoms with Crippen molar-refractivity contribution < 1.29 is 14.0 Å². The Morgan fingerprint density at radius 2 is 2.00 bits per heavy atom. The quantitative estimate of drug-likeness (QED) is 0.840. The van der Waals surface area contributed by atoms with Gasteiger partial charge in [-0.05, 0) is 50.7 Å². The van der Waals surface area contributed by atoms with Crippen LogP contribution in [0.5, 0.6) is 0 Å². The van der Waals surface area contributed by atoms with Crippen molar-refractivity contribution in [2.75, 3.05) is 29.9 Å². The van der Waals surface area contributed by atoms with Crippen LogP contribution in [0.4, 0.5) is 20.7 Å². The molecule has 158 valence electrons. The Hall–Kier alpha value is -2.90. The number of nitrogens with zero attached hydrogens (tertiary/aromatic N) is 4. The largest absolute Gasteiger partial charge is 0.324 e. The van der Waals surface area contributed by atoms with Crippen LogP contribution in [0.15, 0.2) is 30.3 Å². The fourth-order valence-corrected chi connectivity index (χ4v) is 4.63. The van der Waals surface area contributed by atoms with Crippen LogP contribution >= 0.6 is 0 Å². The number of urea groups is 1. The molecule has 0 bridgehead atoms. The van der Waals surface area contributed by atoms with Crippen LogP contribution in [0, 0.1) is 18.7 Å². The molecule has 5 rings (SSSR count). The fraction of sp³-hybridized carbons (Fsp3) is 0.500. The number of carbonyl (C=O) groups excluding carboxylic acids is 2. The lowest BCUT2D eigenvalue weighted by Gasteiger charge is -2.46. The number of piperidine rings is 1. The molecule has 3 amide bonds. The van der Waals surface area contributed by atoms with Gasteiger partial charge in [-0.25, -0.2) is 13.9 Å². The predicted molar refractivity (Wildman–Crippen MR) is 111 cm³/mol. The number of amides is 3. The number of rotatable bonds is 3. The topological polar surface area (TPSA) is 70.5 Å². The predicted octanol–water partition coefficient (Wildman–Crippen LogP) is 3.50. The zero-order valence-corrected chi connectivity index (χ0v) is 17.1. The van der Waals surface area contributed by atoms with Gasteiger partial charge in [0.2, 0.25) is 5.91 Å². The summed E-state index contributed by atoms with van der Waals surface area (Å²) in [6.45, 7) is 3.72. The highest BCUT2D eigenvalue weighted by molar-refractivity contribution is 5.95. The van der Waals surface area contributed by atoms with Crippen molar-refractivity contribution in [2.45, 2.75) is 44.6 Å². The summed E-state index contributed by atoms with van der Waals surface area (Å²) in [5.41, 5.74) is 0.686. The molecule has 1 aliphatic carbocycles. The molecule has 3 heterocycles. The molecule has 1 N–H and O–H groups in total. The summed E-state index contributed by atoms with van der Waals surface area (Å²) in [4.78, 5) is 29.3. The molecule has 1 spiro atoms. The van der Waals surface area contributed by atoms with Crippen LogP contribution in [-0.4, -0.2) is 46.3 Å². The molecule has 1 aromatic heterocycles. The van der Waals surface area contributed by atoms with Gasteiger partial charge in [0, 0.05) is 25.7 Å². The molecule has 0 atom stereocenters. The normalized spacial score (nSPS) is 20.4. The molecule has 0 radical (unpaired) electrons. The van der Waals surface area contributed by atoms with Crippen LogP contribution < -0.4 is 10.2 Å². The number of hydrogen-bond acceptors (Lipinski definition) is 3. The van der Waals surface area contributed by atoms with Crippen LogP contribution in [0.1, 0.15) is 37.8 Å². The molecule has 0 unspecified atom stereocenters. The molecule has 3 aliphatic rings. The molecule has 1 aromatic carbocycles. The maximum atomic E-state index is 13.9. The first-order chi connectivity index (χ1) is 14.4. The number of nitrogens with one attached hydrogen (secondary N) is 1. The van der Waals surface area contributed by atoms with Crippen molar-refractivity contribution in [1.82, 2.24) is 14.7 Å². The lowest BCUT2D eigenvalue weighted by atomic mass is 9.82. The second kappa shape index (κ2) is 7.11. The lowest BCUT2D eigenvalue weighted by molar-refractivity contribution is -0.122. The number of hydrogen-bond donors (Lipinski definition) is 1. The van der Waals surface area contributed by atoms with E-state index in [1.165, 1.54) is 18.9 Å². The molecule has 1 saturated heterocycles. The number of likely N-dealkylation sites (tertiary alicyclic amines) is 1. The third-order valence-corrected chi connectivity index (χ3v) is 6.55. The zero-order valence-electron chi connectivity index (χ0n) is 17.1. The summed E-state index contributed by atoms with van der Waals surface area (Å²) < 4.78 is 15.9. The summed E-state index contributed by atoms with van der Waals surface area (Å²) in [6.07, 6.45) is 4.09. The van der Waals surface area contributed by atoms with E-state index in [2.05, 4.69) is 5.32 Å². The van der Waals surface area contributed by atoms with E-state index in [0.29, 0.717) is 38.3 Å². The Kier molecular flexibility index (Phi) is 4.52. The van der Waals surface area contributed by atoms with Crippen molar-refractivity contribution in [3.05, 3.63) is 41.8 Å². The van der Waals surface area contributed by atoms with E-state index < -0.39 is 11.4 Å². The van der Waals surface area contributed by atoms with Crippen molar-refractivity contribution in [1.29, 1.82) is 0 Å². The second-order valence-electron chi connectivity index (χ2n) is 8.80. The fourth-order valence-electron chi connectivity index (χ4n) is 4.63. The average molecular weight is 411 g/mol. The highest BCUT2D eigenvalue weighted by Gasteiger charge is 2.47.